The molecule has 32 heavy (non-hydrogen) atoms. The third-order valence-electron chi connectivity index (χ3n) is 6.10. The zero-order valence-corrected chi connectivity index (χ0v) is 19.6. The van der Waals surface area contributed by atoms with Crippen molar-refractivity contribution in [2.75, 3.05) is 6.54 Å². The average molecular weight is 477 g/mol. The Bertz CT molecular complexity index is 1200. The molecular weight excluding hydrogens is 451 g/mol. The van der Waals surface area contributed by atoms with Crippen molar-refractivity contribution in [2.24, 2.45) is 5.92 Å². The van der Waals surface area contributed by atoms with E-state index >= 15 is 0 Å². The summed E-state index contributed by atoms with van der Waals surface area (Å²) in [4.78, 5) is 26.5. The Morgan fingerprint density at radius 1 is 1.19 bits per heavy atom. The first-order chi connectivity index (χ1) is 15.3. The number of nitrogens with one attached hydrogen (secondary N) is 1. The molecule has 0 saturated carbocycles. The Morgan fingerprint density at radius 3 is 2.59 bits per heavy atom. The molecule has 9 heteroatoms. The molecule has 1 aliphatic rings. The summed E-state index contributed by atoms with van der Waals surface area (Å²) in [7, 11) is 0. The van der Waals surface area contributed by atoms with Crippen molar-refractivity contribution in [2.45, 2.75) is 52.2 Å². The van der Waals surface area contributed by atoms with Crippen molar-refractivity contribution in [1.82, 2.24) is 19.7 Å². The summed E-state index contributed by atoms with van der Waals surface area (Å²) in [5, 5.41) is 6.74. The number of hydrogen-bond donors (Lipinski definition) is 1. The van der Waals surface area contributed by atoms with Gasteiger partial charge in [0.05, 0.1) is 10.7 Å². The number of likely N-dealkylation sites (tertiary alicyclic amines) is 1. The van der Waals surface area contributed by atoms with Gasteiger partial charge in [-0.3, -0.25) is 9.69 Å². The van der Waals surface area contributed by atoms with Crippen LogP contribution in [0.5, 0.6) is 0 Å². The minimum absolute atomic E-state index is 0.129. The number of halogens is 2. The summed E-state index contributed by atoms with van der Waals surface area (Å²) >= 11 is 12.8. The van der Waals surface area contributed by atoms with Crippen LogP contribution in [0.3, 0.4) is 0 Å². The Balaban J connectivity index is 1.55. The van der Waals surface area contributed by atoms with Crippen LogP contribution in [0.2, 0.25) is 10.0 Å². The Morgan fingerprint density at radius 2 is 1.94 bits per heavy atom. The Hall–Kier alpha value is -2.35. The van der Waals surface area contributed by atoms with Crippen LogP contribution < -0.4 is 11.3 Å². The lowest BCUT2D eigenvalue weighted by molar-refractivity contribution is 0.193. The van der Waals surface area contributed by atoms with Gasteiger partial charge in [0.2, 0.25) is 5.89 Å². The molecule has 3 aromatic rings. The topological polar surface area (TPSA) is 84.1 Å². The molecule has 0 spiro atoms. The van der Waals surface area contributed by atoms with Gasteiger partial charge in [0, 0.05) is 24.7 Å². The molecule has 0 bridgehead atoms. The van der Waals surface area contributed by atoms with Gasteiger partial charge >= 0.3 is 5.76 Å². The van der Waals surface area contributed by atoms with Crippen molar-refractivity contribution in [3.63, 3.8) is 0 Å². The zero-order valence-electron chi connectivity index (χ0n) is 18.1. The van der Waals surface area contributed by atoms with E-state index in [0.29, 0.717) is 42.1 Å². The normalized spacial score (nSPS) is 16.8. The molecule has 7 nitrogen and oxygen atoms in total. The highest BCUT2D eigenvalue weighted by Crippen LogP contribution is 2.28. The number of aromatic nitrogens is 3. The highest BCUT2D eigenvalue weighted by molar-refractivity contribution is 6.34. The standard InChI is InChI=1S/C23H26Cl2N4O3/c1-14(2)19-4-3-10-28(19)13-20-17(24)12-18(25)22(30)29(20)11-9-15-5-7-16(8-6-15)21-26-27-23(31)32-21/h5-8,12,14,19H,3-4,9-11,13H2,1-2H3,(H,27,31)/t19-/m0/s1. The fourth-order valence-electron chi connectivity index (χ4n) is 4.44. The molecular formula is C23H26Cl2N4O3. The molecule has 2 aromatic heterocycles. The van der Waals surface area contributed by atoms with E-state index in [1.165, 1.54) is 0 Å². The van der Waals surface area contributed by atoms with Crippen LogP contribution in [0, 0.1) is 5.92 Å². The maximum atomic E-state index is 12.9. The van der Waals surface area contributed by atoms with Gasteiger partial charge in [0.15, 0.2) is 0 Å². The van der Waals surface area contributed by atoms with E-state index in [0.717, 1.165) is 30.6 Å². The molecule has 1 aromatic carbocycles. The lowest BCUT2D eigenvalue weighted by Crippen LogP contribution is -2.36. The number of rotatable bonds is 7. The fourth-order valence-corrected chi connectivity index (χ4v) is 4.98. The quantitative estimate of drug-likeness (QED) is 0.547. The molecule has 1 fully saturated rings. The van der Waals surface area contributed by atoms with Crippen molar-refractivity contribution >= 4 is 23.2 Å². The van der Waals surface area contributed by atoms with Crippen LogP contribution in [0.15, 0.2) is 44.3 Å². The summed E-state index contributed by atoms with van der Waals surface area (Å²) in [5.41, 5.74) is 2.32. The van der Waals surface area contributed by atoms with Crippen molar-refractivity contribution in [1.29, 1.82) is 0 Å². The molecule has 0 aliphatic carbocycles. The molecule has 0 radical (unpaired) electrons. The molecule has 0 unspecified atom stereocenters. The number of benzene rings is 1. The summed E-state index contributed by atoms with van der Waals surface area (Å²) < 4.78 is 6.69. The molecule has 1 saturated heterocycles. The van der Waals surface area contributed by atoms with Gasteiger partial charge in [-0.15, -0.1) is 5.10 Å². The van der Waals surface area contributed by atoms with Crippen LogP contribution in [0.25, 0.3) is 11.5 Å². The Labute approximate surface area is 196 Å². The SMILES string of the molecule is CC(C)[C@@H]1CCCN1Cc1c(Cl)cc(Cl)c(=O)n1CCc1ccc(-c2n[nH]c(=O)o2)cc1. The van der Waals surface area contributed by atoms with Gasteiger partial charge in [-0.2, -0.15) is 0 Å². The predicted molar refractivity (Wildman–Crippen MR) is 125 cm³/mol. The first-order valence-electron chi connectivity index (χ1n) is 10.8. The van der Waals surface area contributed by atoms with E-state index in [9.17, 15) is 9.59 Å². The third kappa shape index (κ3) is 4.85. The van der Waals surface area contributed by atoms with Gasteiger partial charge in [0.25, 0.3) is 5.56 Å². The van der Waals surface area contributed by atoms with E-state index in [2.05, 4.69) is 28.9 Å². The molecule has 1 aliphatic heterocycles. The van der Waals surface area contributed by atoms with E-state index in [1.807, 2.05) is 24.3 Å². The molecule has 1 N–H and O–H groups in total. The lowest BCUT2D eigenvalue weighted by Gasteiger charge is -2.29. The zero-order chi connectivity index (χ0) is 22.8. The second kappa shape index (κ2) is 9.65. The van der Waals surface area contributed by atoms with Gasteiger partial charge in [0.1, 0.15) is 5.02 Å². The second-order valence-corrected chi connectivity index (χ2v) is 9.35. The minimum atomic E-state index is -0.591. The fraction of sp³-hybridized carbons (Fsp3) is 0.435. The number of aryl methyl sites for hydroxylation is 1. The van der Waals surface area contributed by atoms with Crippen LogP contribution in [-0.2, 0) is 19.5 Å². The van der Waals surface area contributed by atoms with E-state index in [4.69, 9.17) is 27.6 Å². The monoisotopic (exact) mass is 476 g/mol. The van der Waals surface area contributed by atoms with Crippen LogP contribution >= 0.6 is 23.2 Å². The van der Waals surface area contributed by atoms with E-state index in [-0.39, 0.29) is 16.5 Å². The summed E-state index contributed by atoms with van der Waals surface area (Å²) in [6.07, 6.45) is 2.94. The van der Waals surface area contributed by atoms with Gasteiger partial charge in [-0.1, -0.05) is 49.2 Å². The van der Waals surface area contributed by atoms with Crippen LogP contribution in [-0.4, -0.2) is 32.3 Å². The first-order valence-corrected chi connectivity index (χ1v) is 11.6. The maximum Gasteiger partial charge on any atom is 0.434 e. The number of hydrogen-bond acceptors (Lipinski definition) is 5. The van der Waals surface area contributed by atoms with E-state index < -0.39 is 5.76 Å². The number of aromatic amines is 1. The van der Waals surface area contributed by atoms with Crippen molar-refractivity contribution in [3.8, 4) is 11.5 Å². The first kappa shape index (κ1) is 22.8. The molecule has 4 rings (SSSR count). The molecule has 1 atom stereocenters. The van der Waals surface area contributed by atoms with Crippen LogP contribution in [0.1, 0.15) is 37.9 Å². The smallest absolute Gasteiger partial charge is 0.388 e. The highest BCUT2D eigenvalue weighted by Gasteiger charge is 2.28. The average Bonchev–Trinajstić information content (AvgIpc) is 3.41. The largest absolute Gasteiger partial charge is 0.434 e. The summed E-state index contributed by atoms with van der Waals surface area (Å²) in [6, 6.07) is 9.57. The van der Waals surface area contributed by atoms with Gasteiger partial charge < -0.3 is 8.98 Å². The lowest BCUT2D eigenvalue weighted by atomic mass is 10.0. The van der Waals surface area contributed by atoms with Crippen molar-refractivity contribution < 1.29 is 4.42 Å². The number of nitrogens with zero attached hydrogens (tertiary/aromatic N) is 3. The second-order valence-electron chi connectivity index (χ2n) is 8.53. The predicted octanol–water partition coefficient (Wildman–Crippen LogP) is 4.36. The molecule has 170 valence electrons. The number of H-pyrrole nitrogens is 1. The third-order valence-corrected chi connectivity index (χ3v) is 6.70. The molecule has 0 amide bonds. The van der Waals surface area contributed by atoms with E-state index in [1.54, 1.807) is 10.6 Å². The number of pyridine rings is 1. The minimum Gasteiger partial charge on any atom is -0.388 e. The highest BCUT2D eigenvalue weighted by atomic mass is 35.5. The Kier molecular flexibility index (Phi) is 6.88. The van der Waals surface area contributed by atoms with Crippen molar-refractivity contribution in [3.05, 3.63) is 72.5 Å². The molecule has 3 heterocycles. The van der Waals surface area contributed by atoms with Gasteiger partial charge in [-0.25, -0.2) is 9.89 Å². The van der Waals surface area contributed by atoms with Gasteiger partial charge in [-0.05, 0) is 55.5 Å². The maximum absolute atomic E-state index is 12.9. The summed E-state index contributed by atoms with van der Waals surface area (Å²) in [6.45, 7) is 6.56. The van der Waals surface area contributed by atoms with Crippen LogP contribution in [0.4, 0.5) is 0 Å². The summed E-state index contributed by atoms with van der Waals surface area (Å²) in [5.74, 6) is 0.194.